The van der Waals surface area contributed by atoms with Crippen molar-refractivity contribution in [1.82, 2.24) is 4.90 Å². The molecule has 0 spiro atoms. The number of likely N-dealkylation sites (tertiary alicyclic amines) is 1. The topological polar surface area (TPSA) is 66.8 Å². The van der Waals surface area contributed by atoms with E-state index < -0.39 is 6.09 Å². The van der Waals surface area contributed by atoms with Crippen LogP contribution in [0, 0.1) is 5.92 Å². The molecular weight excluding hydrogens is 270 g/mol. The number of ether oxygens (including phenoxy) is 1. The summed E-state index contributed by atoms with van der Waals surface area (Å²) in [4.78, 5) is 23.9. The molecule has 1 N–H and O–H groups in total. The maximum Gasteiger partial charge on any atom is 0.407 e. The van der Waals surface area contributed by atoms with E-state index in [2.05, 4.69) is 0 Å². The molecule has 1 aliphatic rings. The lowest BCUT2D eigenvalue weighted by molar-refractivity contribution is -0.145. The van der Waals surface area contributed by atoms with Crippen molar-refractivity contribution in [1.29, 1.82) is 0 Å². The molecule has 114 valence electrons. The van der Waals surface area contributed by atoms with Gasteiger partial charge in [-0.1, -0.05) is 30.3 Å². The van der Waals surface area contributed by atoms with E-state index in [-0.39, 0.29) is 5.97 Å². The Morgan fingerprint density at radius 3 is 2.48 bits per heavy atom. The fraction of sp³-hybridized carbons (Fsp3) is 0.500. The van der Waals surface area contributed by atoms with Crippen LogP contribution in [-0.4, -0.2) is 35.2 Å². The normalized spacial score (nSPS) is 15.7. The van der Waals surface area contributed by atoms with Crippen LogP contribution in [-0.2, 0) is 16.1 Å². The Kier molecular flexibility index (Phi) is 5.60. The van der Waals surface area contributed by atoms with E-state index in [1.807, 2.05) is 30.3 Å². The zero-order valence-electron chi connectivity index (χ0n) is 12.0. The zero-order chi connectivity index (χ0) is 15.1. The largest absolute Gasteiger partial charge is 0.465 e. The summed E-state index contributed by atoms with van der Waals surface area (Å²) in [6.45, 7) is 1.45. The summed E-state index contributed by atoms with van der Waals surface area (Å²) in [5, 5.41) is 8.87. The van der Waals surface area contributed by atoms with Crippen molar-refractivity contribution >= 4 is 12.1 Å². The summed E-state index contributed by atoms with van der Waals surface area (Å²) in [6, 6.07) is 9.61. The summed E-state index contributed by atoms with van der Waals surface area (Å²) >= 11 is 0. The summed E-state index contributed by atoms with van der Waals surface area (Å²) in [7, 11) is 0. The second-order valence-electron chi connectivity index (χ2n) is 5.40. The number of piperidine rings is 1. The first-order chi connectivity index (χ1) is 10.1. The first kappa shape index (κ1) is 15.4. The highest BCUT2D eigenvalue weighted by Crippen LogP contribution is 2.22. The lowest BCUT2D eigenvalue weighted by Crippen LogP contribution is -2.37. The summed E-state index contributed by atoms with van der Waals surface area (Å²) < 4.78 is 5.24. The molecule has 0 saturated carbocycles. The van der Waals surface area contributed by atoms with Crippen LogP contribution in [0.2, 0.25) is 0 Å². The third-order valence-electron chi connectivity index (χ3n) is 3.88. The molecule has 2 rings (SSSR count). The van der Waals surface area contributed by atoms with Crippen LogP contribution in [0.4, 0.5) is 4.79 Å². The minimum Gasteiger partial charge on any atom is -0.465 e. The summed E-state index contributed by atoms with van der Waals surface area (Å²) in [5.74, 6) is 0.240. The third-order valence-corrected chi connectivity index (χ3v) is 3.88. The minimum absolute atomic E-state index is 0.181. The van der Waals surface area contributed by atoms with E-state index >= 15 is 0 Å². The van der Waals surface area contributed by atoms with Crippen molar-refractivity contribution < 1.29 is 19.4 Å². The highest BCUT2D eigenvalue weighted by Gasteiger charge is 2.22. The number of benzene rings is 1. The number of esters is 1. The van der Waals surface area contributed by atoms with Gasteiger partial charge in [-0.2, -0.15) is 0 Å². The van der Waals surface area contributed by atoms with E-state index in [0.717, 1.165) is 24.8 Å². The molecular formula is C16H21NO4. The van der Waals surface area contributed by atoms with Gasteiger partial charge >= 0.3 is 12.1 Å². The van der Waals surface area contributed by atoms with Crippen LogP contribution in [0.5, 0.6) is 0 Å². The van der Waals surface area contributed by atoms with E-state index in [9.17, 15) is 9.59 Å². The quantitative estimate of drug-likeness (QED) is 0.847. The Labute approximate surface area is 124 Å². The average Bonchev–Trinajstić information content (AvgIpc) is 2.52. The first-order valence-electron chi connectivity index (χ1n) is 7.32. The fourth-order valence-electron chi connectivity index (χ4n) is 2.55. The molecule has 0 aliphatic carbocycles. The van der Waals surface area contributed by atoms with Gasteiger partial charge in [0.05, 0.1) is 0 Å². The highest BCUT2D eigenvalue weighted by atomic mass is 16.5. The van der Waals surface area contributed by atoms with Gasteiger partial charge in [-0.3, -0.25) is 4.79 Å². The van der Waals surface area contributed by atoms with Gasteiger partial charge in [0, 0.05) is 19.5 Å². The molecule has 1 aromatic carbocycles. The molecule has 1 aromatic rings. The predicted molar refractivity (Wildman–Crippen MR) is 77.8 cm³/mol. The molecule has 0 unspecified atom stereocenters. The van der Waals surface area contributed by atoms with Crippen molar-refractivity contribution in [3.63, 3.8) is 0 Å². The Hall–Kier alpha value is -2.04. The first-order valence-corrected chi connectivity index (χ1v) is 7.32. The number of hydrogen-bond acceptors (Lipinski definition) is 3. The van der Waals surface area contributed by atoms with Crippen molar-refractivity contribution in [2.45, 2.75) is 32.3 Å². The van der Waals surface area contributed by atoms with Crippen molar-refractivity contribution in [3.05, 3.63) is 35.9 Å². The van der Waals surface area contributed by atoms with Gasteiger partial charge in [-0.15, -0.1) is 0 Å². The molecule has 1 aliphatic heterocycles. The zero-order valence-corrected chi connectivity index (χ0v) is 12.0. The average molecular weight is 291 g/mol. The lowest BCUT2D eigenvalue weighted by atomic mass is 9.92. The van der Waals surface area contributed by atoms with Crippen LogP contribution in [0.15, 0.2) is 30.3 Å². The predicted octanol–water partition coefficient (Wildman–Crippen LogP) is 2.90. The molecule has 0 atom stereocenters. The molecule has 1 amide bonds. The van der Waals surface area contributed by atoms with Gasteiger partial charge in [0.25, 0.3) is 0 Å². The molecule has 1 saturated heterocycles. The highest BCUT2D eigenvalue weighted by molar-refractivity contribution is 5.69. The van der Waals surface area contributed by atoms with Crippen LogP contribution in [0.1, 0.15) is 31.2 Å². The van der Waals surface area contributed by atoms with Crippen LogP contribution >= 0.6 is 0 Å². The number of carboxylic acid groups (broad SMARTS) is 1. The molecule has 0 bridgehead atoms. The Morgan fingerprint density at radius 2 is 1.86 bits per heavy atom. The SMILES string of the molecule is O=C(CCC1CCN(C(=O)O)CC1)OCc1ccccc1. The Bertz CT molecular complexity index is 466. The second-order valence-corrected chi connectivity index (χ2v) is 5.40. The Morgan fingerprint density at radius 1 is 1.19 bits per heavy atom. The maximum absolute atomic E-state index is 11.7. The van der Waals surface area contributed by atoms with Crippen molar-refractivity contribution in [3.8, 4) is 0 Å². The van der Waals surface area contributed by atoms with E-state index in [1.54, 1.807) is 0 Å². The molecule has 21 heavy (non-hydrogen) atoms. The van der Waals surface area contributed by atoms with Gasteiger partial charge in [0.1, 0.15) is 6.61 Å². The standard InChI is InChI=1S/C16H21NO4/c18-15(21-12-14-4-2-1-3-5-14)7-6-13-8-10-17(11-9-13)16(19)20/h1-5,13H,6-12H2,(H,19,20). The molecule has 5 heteroatoms. The van der Waals surface area contributed by atoms with Gasteiger partial charge in [0.2, 0.25) is 0 Å². The number of nitrogens with zero attached hydrogens (tertiary/aromatic N) is 1. The monoisotopic (exact) mass is 291 g/mol. The summed E-state index contributed by atoms with van der Waals surface area (Å²) in [5.41, 5.74) is 0.987. The van der Waals surface area contributed by atoms with Gasteiger partial charge in [0.15, 0.2) is 0 Å². The van der Waals surface area contributed by atoms with E-state index in [1.165, 1.54) is 4.90 Å². The second kappa shape index (κ2) is 7.67. The van der Waals surface area contributed by atoms with Crippen LogP contribution in [0.25, 0.3) is 0 Å². The molecule has 5 nitrogen and oxygen atoms in total. The maximum atomic E-state index is 11.7. The number of rotatable bonds is 5. The minimum atomic E-state index is -0.851. The lowest BCUT2D eigenvalue weighted by Gasteiger charge is -2.29. The molecule has 0 aromatic heterocycles. The smallest absolute Gasteiger partial charge is 0.407 e. The molecule has 0 radical (unpaired) electrons. The number of carbonyl (C=O) groups is 2. The fourth-order valence-corrected chi connectivity index (χ4v) is 2.55. The van der Waals surface area contributed by atoms with E-state index in [4.69, 9.17) is 9.84 Å². The number of hydrogen-bond donors (Lipinski definition) is 1. The van der Waals surface area contributed by atoms with E-state index in [0.29, 0.717) is 32.0 Å². The van der Waals surface area contributed by atoms with Crippen molar-refractivity contribution in [2.75, 3.05) is 13.1 Å². The Balaban J connectivity index is 1.62. The van der Waals surface area contributed by atoms with Gasteiger partial charge in [-0.05, 0) is 30.7 Å². The van der Waals surface area contributed by atoms with Crippen molar-refractivity contribution in [2.24, 2.45) is 5.92 Å². The number of amides is 1. The van der Waals surface area contributed by atoms with Gasteiger partial charge < -0.3 is 14.7 Å². The van der Waals surface area contributed by atoms with Crippen LogP contribution < -0.4 is 0 Å². The van der Waals surface area contributed by atoms with Gasteiger partial charge in [-0.25, -0.2) is 4.79 Å². The van der Waals surface area contributed by atoms with Crippen LogP contribution in [0.3, 0.4) is 0 Å². The molecule has 1 heterocycles. The third kappa shape index (κ3) is 5.10. The molecule has 1 fully saturated rings. The number of carbonyl (C=O) groups excluding carboxylic acids is 1. The summed E-state index contributed by atoms with van der Waals surface area (Å²) in [6.07, 6.45) is 2.00.